The first-order chi connectivity index (χ1) is 10.1. The monoisotopic (exact) mass is 296 g/mol. The molecule has 116 valence electrons. The molecule has 3 N–H and O–H groups in total. The number of carbonyl (C=O) groups excluding carboxylic acids is 1. The van der Waals surface area contributed by atoms with E-state index in [2.05, 4.69) is 10.6 Å². The van der Waals surface area contributed by atoms with Gasteiger partial charge in [0.25, 0.3) is 0 Å². The Labute approximate surface area is 123 Å². The molecule has 0 aliphatic rings. The summed E-state index contributed by atoms with van der Waals surface area (Å²) in [5.41, 5.74) is 0.902. The lowest BCUT2D eigenvalue weighted by Gasteiger charge is -2.15. The number of ether oxygens (including phenoxy) is 2. The maximum atomic E-state index is 11.6. The van der Waals surface area contributed by atoms with Crippen molar-refractivity contribution in [3.05, 3.63) is 35.4 Å². The molecular weight excluding hydrogens is 276 g/mol. The van der Waals surface area contributed by atoms with Gasteiger partial charge in [0.15, 0.2) is 0 Å². The third-order valence-corrected chi connectivity index (χ3v) is 2.80. The molecule has 21 heavy (non-hydrogen) atoms. The predicted molar refractivity (Wildman–Crippen MR) is 76.3 cm³/mol. The highest BCUT2D eigenvalue weighted by Crippen LogP contribution is 2.04. The molecule has 0 aliphatic carbocycles. The number of amides is 2. The molecule has 0 radical (unpaired) electrons. The van der Waals surface area contributed by atoms with E-state index in [0.29, 0.717) is 18.7 Å². The van der Waals surface area contributed by atoms with Crippen molar-refractivity contribution >= 4 is 12.0 Å². The first-order valence-electron chi connectivity index (χ1n) is 6.42. The lowest BCUT2D eigenvalue weighted by molar-refractivity contribution is 0.0304. The molecule has 1 rings (SSSR count). The fourth-order valence-corrected chi connectivity index (χ4v) is 1.66. The molecule has 7 nitrogen and oxygen atoms in total. The maximum Gasteiger partial charge on any atom is 0.335 e. The third kappa shape index (κ3) is 6.24. The van der Waals surface area contributed by atoms with E-state index in [-0.39, 0.29) is 24.2 Å². The van der Waals surface area contributed by atoms with Gasteiger partial charge in [-0.25, -0.2) is 9.59 Å². The normalized spacial score (nSPS) is 11.7. The number of hydrogen-bond acceptors (Lipinski definition) is 4. The molecule has 1 atom stereocenters. The summed E-state index contributed by atoms with van der Waals surface area (Å²) in [7, 11) is 3.10. The lowest BCUT2D eigenvalue weighted by Crippen LogP contribution is -2.41. The number of methoxy groups -OCH3 is 2. The Morgan fingerprint density at radius 2 is 2.05 bits per heavy atom. The summed E-state index contributed by atoms with van der Waals surface area (Å²) < 4.78 is 10.1. The molecule has 7 heteroatoms. The Kier molecular flexibility index (Phi) is 7.20. The van der Waals surface area contributed by atoms with Crippen molar-refractivity contribution in [2.45, 2.75) is 12.6 Å². The van der Waals surface area contributed by atoms with E-state index in [9.17, 15) is 9.59 Å². The Hall–Kier alpha value is -2.12. The van der Waals surface area contributed by atoms with Gasteiger partial charge >= 0.3 is 12.0 Å². The minimum Gasteiger partial charge on any atom is -0.478 e. The number of hydrogen-bond donors (Lipinski definition) is 3. The van der Waals surface area contributed by atoms with Crippen LogP contribution in [0.3, 0.4) is 0 Å². The fourth-order valence-electron chi connectivity index (χ4n) is 1.66. The van der Waals surface area contributed by atoms with E-state index < -0.39 is 5.97 Å². The number of carboxylic acids is 1. The second-order valence-electron chi connectivity index (χ2n) is 4.38. The summed E-state index contributed by atoms with van der Waals surface area (Å²) in [5, 5.41) is 14.2. The van der Waals surface area contributed by atoms with Crippen molar-refractivity contribution in [2.75, 3.05) is 27.4 Å². The Balaban J connectivity index is 2.39. The molecule has 0 saturated heterocycles. The summed E-state index contributed by atoms with van der Waals surface area (Å²) in [4.78, 5) is 22.5. The zero-order valence-electron chi connectivity index (χ0n) is 12.1. The maximum absolute atomic E-state index is 11.6. The van der Waals surface area contributed by atoms with Gasteiger partial charge in [-0.3, -0.25) is 0 Å². The minimum atomic E-state index is -0.996. The SMILES string of the molecule is COCC(CNC(=O)NCc1cccc(C(=O)O)c1)OC. The van der Waals surface area contributed by atoms with Crippen molar-refractivity contribution in [3.63, 3.8) is 0 Å². The molecule has 0 aromatic heterocycles. The molecule has 0 bridgehead atoms. The smallest absolute Gasteiger partial charge is 0.335 e. The highest BCUT2D eigenvalue weighted by Gasteiger charge is 2.09. The number of carbonyl (C=O) groups is 2. The van der Waals surface area contributed by atoms with Crippen LogP contribution in [0.5, 0.6) is 0 Å². The summed E-state index contributed by atoms with van der Waals surface area (Å²) in [5.74, 6) is -0.996. The van der Waals surface area contributed by atoms with Crippen molar-refractivity contribution in [3.8, 4) is 0 Å². The van der Waals surface area contributed by atoms with Crippen molar-refractivity contribution in [1.82, 2.24) is 10.6 Å². The van der Waals surface area contributed by atoms with E-state index >= 15 is 0 Å². The molecule has 1 aromatic rings. The first kappa shape index (κ1) is 16.9. The average molecular weight is 296 g/mol. The Bertz CT molecular complexity index is 478. The highest BCUT2D eigenvalue weighted by atomic mass is 16.5. The summed E-state index contributed by atoms with van der Waals surface area (Å²) >= 11 is 0. The molecule has 0 spiro atoms. The standard InChI is InChI=1S/C14H20N2O5/c1-20-9-12(21-2)8-16-14(19)15-7-10-4-3-5-11(6-10)13(17)18/h3-6,12H,7-9H2,1-2H3,(H,17,18)(H2,15,16,19). The van der Waals surface area contributed by atoms with Gasteiger partial charge in [0, 0.05) is 27.3 Å². The van der Waals surface area contributed by atoms with Crippen molar-refractivity contribution < 1.29 is 24.2 Å². The quantitative estimate of drug-likeness (QED) is 0.660. The van der Waals surface area contributed by atoms with Crippen LogP contribution in [-0.2, 0) is 16.0 Å². The zero-order chi connectivity index (χ0) is 15.7. The predicted octanol–water partition coefficient (Wildman–Crippen LogP) is 0.845. The van der Waals surface area contributed by atoms with Crippen LogP contribution in [0.1, 0.15) is 15.9 Å². The van der Waals surface area contributed by atoms with Gasteiger partial charge < -0.3 is 25.2 Å². The van der Waals surface area contributed by atoms with E-state index in [1.807, 2.05) is 0 Å². The zero-order valence-corrected chi connectivity index (χ0v) is 12.1. The lowest BCUT2D eigenvalue weighted by atomic mass is 10.1. The molecule has 2 amide bonds. The van der Waals surface area contributed by atoms with Crippen LogP contribution in [0.15, 0.2) is 24.3 Å². The van der Waals surface area contributed by atoms with E-state index in [1.165, 1.54) is 12.1 Å². The fraction of sp³-hybridized carbons (Fsp3) is 0.429. The first-order valence-corrected chi connectivity index (χ1v) is 6.42. The summed E-state index contributed by atoms with van der Waals surface area (Å²) in [6, 6.07) is 6.05. The number of benzene rings is 1. The van der Waals surface area contributed by atoms with Crippen LogP contribution >= 0.6 is 0 Å². The molecule has 0 fully saturated rings. The summed E-state index contributed by atoms with van der Waals surface area (Å²) in [6.07, 6.45) is -0.212. The van der Waals surface area contributed by atoms with Gasteiger partial charge in [-0.05, 0) is 17.7 Å². The third-order valence-electron chi connectivity index (χ3n) is 2.80. The molecule has 0 aliphatic heterocycles. The number of rotatable bonds is 8. The van der Waals surface area contributed by atoms with Gasteiger partial charge in [0.1, 0.15) is 0 Å². The largest absolute Gasteiger partial charge is 0.478 e. The molecule has 1 aromatic carbocycles. The van der Waals surface area contributed by atoms with E-state index in [0.717, 1.165) is 0 Å². The van der Waals surface area contributed by atoms with Gasteiger partial charge in [-0.15, -0.1) is 0 Å². The number of nitrogens with one attached hydrogen (secondary N) is 2. The number of carboxylic acid groups (broad SMARTS) is 1. The van der Waals surface area contributed by atoms with Crippen LogP contribution in [0.2, 0.25) is 0 Å². The molecular formula is C14H20N2O5. The Morgan fingerprint density at radius 1 is 1.29 bits per heavy atom. The molecule has 0 heterocycles. The van der Waals surface area contributed by atoms with Gasteiger partial charge in [0.2, 0.25) is 0 Å². The van der Waals surface area contributed by atoms with Crippen LogP contribution in [0.25, 0.3) is 0 Å². The van der Waals surface area contributed by atoms with Gasteiger partial charge in [0.05, 0.1) is 18.3 Å². The molecule has 1 unspecified atom stereocenters. The van der Waals surface area contributed by atoms with Crippen LogP contribution in [0.4, 0.5) is 4.79 Å². The average Bonchev–Trinajstić information content (AvgIpc) is 2.49. The van der Waals surface area contributed by atoms with Crippen LogP contribution < -0.4 is 10.6 Å². The number of urea groups is 1. The van der Waals surface area contributed by atoms with Crippen LogP contribution in [0, 0.1) is 0 Å². The Morgan fingerprint density at radius 3 is 2.67 bits per heavy atom. The van der Waals surface area contributed by atoms with E-state index in [1.54, 1.807) is 26.4 Å². The summed E-state index contributed by atoms with van der Waals surface area (Å²) in [6.45, 7) is 0.956. The minimum absolute atomic E-state index is 0.189. The second-order valence-corrected chi connectivity index (χ2v) is 4.38. The second kappa shape index (κ2) is 8.93. The number of aromatic carboxylic acids is 1. The van der Waals surface area contributed by atoms with Gasteiger partial charge in [-0.2, -0.15) is 0 Å². The van der Waals surface area contributed by atoms with Crippen LogP contribution in [-0.4, -0.2) is 50.6 Å². The highest BCUT2D eigenvalue weighted by molar-refractivity contribution is 5.87. The van der Waals surface area contributed by atoms with Crippen molar-refractivity contribution in [1.29, 1.82) is 0 Å². The van der Waals surface area contributed by atoms with E-state index in [4.69, 9.17) is 14.6 Å². The van der Waals surface area contributed by atoms with Crippen molar-refractivity contribution in [2.24, 2.45) is 0 Å². The topological polar surface area (TPSA) is 96.9 Å². The molecule has 0 saturated carbocycles. The van der Waals surface area contributed by atoms with Gasteiger partial charge in [-0.1, -0.05) is 12.1 Å².